The molecule has 0 atom stereocenters. The third-order valence-electron chi connectivity index (χ3n) is 2.88. The normalized spacial score (nSPS) is 10.6. The van der Waals surface area contributed by atoms with Crippen LogP contribution in [0.15, 0.2) is 51.8 Å². The van der Waals surface area contributed by atoms with E-state index in [4.69, 9.17) is 19.4 Å². The van der Waals surface area contributed by atoms with Crippen LogP contribution in [0.1, 0.15) is 0 Å². The molecule has 96 valence electrons. The lowest BCUT2D eigenvalue weighted by atomic mass is 10.0. The number of anilines is 1. The quantitative estimate of drug-likeness (QED) is 0.778. The van der Waals surface area contributed by atoms with E-state index in [2.05, 4.69) is 5.16 Å². The van der Waals surface area contributed by atoms with Gasteiger partial charge >= 0.3 is 0 Å². The first-order chi connectivity index (χ1) is 9.31. The number of aromatic nitrogens is 1. The maximum Gasteiger partial charge on any atom is 0.180 e. The summed E-state index contributed by atoms with van der Waals surface area (Å²) in [5, 5.41) is 3.83. The van der Waals surface area contributed by atoms with Crippen LogP contribution in [0.3, 0.4) is 0 Å². The molecule has 2 aromatic heterocycles. The molecule has 0 amide bonds. The number of para-hydroxylation sites is 1. The first-order valence-electron chi connectivity index (χ1n) is 5.72. The second-order valence-electron chi connectivity index (χ2n) is 3.98. The van der Waals surface area contributed by atoms with E-state index in [1.807, 2.05) is 24.3 Å². The fraction of sp³-hybridized carbons (Fsp3) is 0.0714. The second kappa shape index (κ2) is 4.53. The Kier molecular flexibility index (Phi) is 2.72. The Bertz CT molecular complexity index is 687. The van der Waals surface area contributed by atoms with E-state index >= 15 is 0 Å². The van der Waals surface area contributed by atoms with Crippen molar-refractivity contribution in [2.45, 2.75) is 0 Å². The van der Waals surface area contributed by atoms with Gasteiger partial charge in [0.1, 0.15) is 12.0 Å². The average molecular weight is 256 g/mol. The molecule has 2 N–H and O–H groups in total. The number of rotatable bonds is 3. The van der Waals surface area contributed by atoms with Crippen LogP contribution in [0.4, 0.5) is 5.82 Å². The summed E-state index contributed by atoms with van der Waals surface area (Å²) < 4.78 is 15.7. The Labute approximate surface area is 109 Å². The van der Waals surface area contributed by atoms with Crippen molar-refractivity contribution < 1.29 is 13.7 Å². The molecule has 19 heavy (non-hydrogen) atoms. The molecule has 0 saturated heterocycles. The second-order valence-corrected chi connectivity index (χ2v) is 3.98. The van der Waals surface area contributed by atoms with Crippen molar-refractivity contribution in [3.05, 3.63) is 42.9 Å². The molecule has 0 radical (unpaired) electrons. The van der Waals surface area contributed by atoms with Gasteiger partial charge in [0.2, 0.25) is 0 Å². The highest BCUT2D eigenvalue weighted by molar-refractivity contribution is 5.88. The number of methoxy groups -OCH3 is 1. The Morgan fingerprint density at radius 2 is 2.05 bits per heavy atom. The zero-order chi connectivity index (χ0) is 13.2. The molecule has 0 spiro atoms. The summed E-state index contributed by atoms with van der Waals surface area (Å²) in [5.41, 5.74) is 8.24. The van der Waals surface area contributed by atoms with Crippen molar-refractivity contribution in [2.24, 2.45) is 0 Å². The molecule has 3 aromatic rings. The van der Waals surface area contributed by atoms with Crippen molar-refractivity contribution in [3.63, 3.8) is 0 Å². The summed E-state index contributed by atoms with van der Waals surface area (Å²) >= 11 is 0. The fourth-order valence-corrected chi connectivity index (χ4v) is 2.00. The summed E-state index contributed by atoms with van der Waals surface area (Å²) in [4.78, 5) is 0. The Morgan fingerprint density at radius 1 is 1.21 bits per heavy atom. The standard InChI is InChI=1S/C14H12N2O3/c1-17-11-5-3-2-4-10(11)12-13(19-16-14(12)15)9-6-7-18-8-9/h2-8H,1H3,(H2,15,16). The van der Waals surface area contributed by atoms with Crippen molar-refractivity contribution in [3.8, 4) is 28.2 Å². The van der Waals surface area contributed by atoms with Crippen molar-refractivity contribution >= 4 is 5.82 Å². The number of benzene rings is 1. The smallest absolute Gasteiger partial charge is 0.180 e. The molecule has 0 aliphatic rings. The van der Waals surface area contributed by atoms with E-state index in [0.29, 0.717) is 22.9 Å². The topological polar surface area (TPSA) is 74.4 Å². The summed E-state index contributed by atoms with van der Waals surface area (Å²) in [6, 6.07) is 9.36. The predicted molar refractivity (Wildman–Crippen MR) is 70.6 cm³/mol. The van der Waals surface area contributed by atoms with Gasteiger partial charge in [-0.05, 0) is 12.1 Å². The third kappa shape index (κ3) is 1.85. The molecule has 0 saturated carbocycles. The summed E-state index contributed by atoms with van der Waals surface area (Å²) in [7, 11) is 1.61. The maximum absolute atomic E-state index is 5.91. The molecule has 0 unspecified atom stereocenters. The van der Waals surface area contributed by atoms with Gasteiger partial charge in [-0.25, -0.2) is 0 Å². The number of nitrogens with two attached hydrogens (primary N) is 1. The van der Waals surface area contributed by atoms with E-state index in [1.165, 1.54) is 0 Å². The van der Waals surface area contributed by atoms with Gasteiger partial charge in [-0.15, -0.1) is 0 Å². The van der Waals surface area contributed by atoms with E-state index in [0.717, 1.165) is 11.1 Å². The van der Waals surface area contributed by atoms with Gasteiger partial charge in [0.25, 0.3) is 0 Å². The zero-order valence-electron chi connectivity index (χ0n) is 10.3. The number of furan rings is 1. The number of hydrogen-bond acceptors (Lipinski definition) is 5. The van der Waals surface area contributed by atoms with E-state index in [1.54, 1.807) is 25.7 Å². The van der Waals surface area contributed by atoms with Gasteiger partial charge < -0.3 is 19.4 Å². The van der Waals surface area contributed by atoms with E-state index in [9.17, 15) is 0 Å². The van der Waals surface area contributed by atoms with Crippen LogP contribution in [-0.4, -0.2) is 12.3 Å². The Balaban J connectivity index is 2.23. The van der Waals surface area contributed by atoms with Gasteiger partial charge in [-0.3, -0.25) is 0 Å². The van der Waals surface area contributed by atoms with Crippen LogP contribution in [-0.2, 0) is 0 Å². The summed E-state index contributed by atoms with van der Waals surface area (Å²) in [5.74, 6) is 1.60. The first kappa shape index (κ1) is 11.4. The van der Waals surface area contributed by atoms with E-state index < -0.39 is 0 Å². The lowest BCUT2D eigenvalue weighted by Crippen LogP contribution is -1.92. The van der Waals surface area contributed by atoms with Crippen LogP contribution in [0.2, 0.25) is 0 Å². The van der Waals surface area contributed by atoms with Gasteiger partial charge in [-0.1, -0.05) is 23.4 Å². The fourth-order valence-electron chi connectivity index (χ4n) is 2.00. The average Bonchev–Trinajstić information content (AvgIpc) is 3.07. The van der Waals surface area contributed by atoms with Crippen molar-refractivity contribution in [1.29, 1.82) is 0 Å². The summed E-state index contributed by atoms with van der Waals surface area (Å²) in [6.45, 7) is 0. The minimum absolute atomic E-state index is 0.320. The van der Waals surface area contributed by atoms with Crippen LogP contribution in [0.25, 0.3) is 22.5 Å². The maximum atomic E-state index is 5.91. The van der Waals surface area contributed by atoms with Gasteiger partial charge in [0.05, 0.1) is 24.5 Å². The number of ether oxygens (including phenoxy) is 1. The van der Waals surface area contributed by atoms with E-state index in [-0.39, 0.29) is 0 Å². The third-order valence-corrected chi connectivity index (χ3v) is 2.88. The number of nitrogen functional groups attached to an aromatic ring is 1. The number of hydrogen-bond donors (Lipinski definition) is 1. The Morgan fingerprint density at radius 3 is 2.79 bits per heavy atom. The first-order valence-corrected chi connectivity index (χ1v) is 5.72. The molecule has 2 heterocycles. The predicted octanol–water partition coefficient (Wildman–Crippen LogP) is 3.19. The monoisotopic (exact) mass is 256 g/mol. The SMILES string of the molecule is COc1ccccc1-c1c(N)noc1-c1ccoc1. The lowest BCUT2D eigenvalue weighted by molar-refractivity contribution is 0.416. The van der Waals surface area contributed by atoms with Gasteiger partial charge in [0, 0.05) is 5.56 Å². The molecule has 0 bridgehead atoms. The van der Waals surface area contributed by atoms with Crippen LogP contribution in [0, 0.1) is 0 Å². The minimum Gasteiger partial charge on any atom is -0.496 e. The van der Waals surface area contributed by atoms with Crippen molar-refractivity contribution in [2.75, 3.05) is 12.8 Å². The highest BCUT2D eigenvalue weighted by Gasteiger charge is 2.20. The lowest BCUT2D eigenvalue weighted by Gasteiger charge is -2.07. The summed E-state index contributed by atoms with van der Waals surface area (Å²) in [6.07, 6.45) is 3.15. The molecule has 5 heteroatoms. The largest absolute Gasteiger partial charge is 0.496 e. The molecular weight excluding hydrogens is 244 g/mol. The van der Waals surface area contributed by atoms with Crippen LogP contribution < -0.4 is 10.5 Å². The highest BCUT2D eigenvalue weighted by Crippen LogP contribution is 2.40. The van der Waals surface area contributed by atoms with Gasteiger partial charge in [-0.2, -0.15) is 0 Å². The molecule has 3 rings (SSSR count). The molecule has 0 fully saturated rings. The van der Waals surface area contributed by atoms with Gasteiger partial charge in [0.15, 0.2) is 11.6 Å². The molecule has 0 aliphatic heterocycles. The molecular formula is C14H12N2O3. The molecule has 0 aliphatic carbocycles. The zero-order valence-corrected chi connectivity index (χ0v) is 10.3. The molecule has 5 nitrogen and oxygen atoms in total. The van der Waals surface area contributed by atoms with Crippen molar-refractivity contribution in [1.82, 2.24) is 5.16 Å². The van der Waals surface area contributed by atoms with Crippen LogP contribution in [0.5, 0.6) is 5.75 Å². The molecule has 1 aromatic carbocycles. The minimum atomic E-state index is 0.320. The van der Waals surface area contributed by atoms with Crippen LogP contribution >= 0.6 is 0 Å². The Hall–Kier alpha value is -2.69. The number of nitrogens with zero attached hydrogens (tertiary/aromatic N) is 1. The highest BCUT2D eigenvalue weighted by atomic mass is 16.5.